The average molecular weight is 364 g/mol. The van der Waals surface area contributed by atoms with Gasteiger partial charge in [0, 0.05) is 30.2 Å². The lowest BCUT2D eigenvalue weighted by molar-refractivity contribution is 0.0954. The second-order valence-corrected chi connectivity index (χ2v) is 6.28. The third-order valence-corrected chi connectivity index (χ3v) is 4.55. The number of methoxy groups -OCH3 is 2. The van der Waals surface area contributed by atoms with Crippen molar-refractivity contribution in [3.05, 3.63) is 77.6 Å². The van der Waals surface area contributed by atoms with Crippen LogP contribution < -0.4 is 14.8 Å². The Balaban J connectivity index is 1.60. The largest absolute Gasteiger partial charge is 0.493 e. The molecule has 5 heteroatoms. The maximum atomic E-state index is 12.4. The second-order valence-electron chi connectivity index (χ2n) is 6.28. The summed E-state index contributed by atoms with van der Waals surface area (Å²) in [6, 6.07) is 15.4. The van der Waals surface area contributed by atoms with E-state index in [9.17, 15) is 4.79 Å². The number of carbonyl (C=O) groups is 1. The highest BCUT2D eigenvalue weighted by Gasteiger charge is 2.10. The van der Waals surface area contributed by atoms with Gasteiger partial charge in [-0.15, -0.1) is 0 Å². The summed E-state index contributed by atoms with van der Waals surface area (Å²) in [6.07, 6.45) is 4.67. The van der Waals surface area contributed by atoms with Crippen LogP contribution in [0, 0.1) is 6.92 Å². The zero-order chi connectivity index (χ0) is 19.2. The van der Waals surface area contributed by atoms with E-state index in [1.807, 2.05) is 72.4 Å². The molecule has 0 spiro atoms. The van der Waals surface area contributed by atoms with Crippen LogP contribution in [0.15, 0.2) is 60.9 Å². The number of aromatic nitrogens is 1. The normalized spacial score (nSPS) is 10.5. The van der Waals surface area contributed by atoms with Gasteiger partial charge in [-0.1, -0.05) is 0 Å². The first kappa shape index (κ1) is 18.6. The molecule has 2 aromatic carbocycles. The van der Waals surface area contributed by atoms with Crippen LogP contribution in [0.2, 0.25) is 0 Å². The van der Waals surface area contributed by atoms with Crippen molar-refractivity contribution in [1.82, 2.24) is 9.88 Å². The minimum atomic E-state index is -0.0767. The van der Waals surface area contributed by atoms with Gasteiger partial charge in [0.1, 0.15) is 0 Å². The smallest absolute Gasteiger partial charge is 0.251 e. The van der Waals surface area contributed by atoms with Crippen LogP contribution in [0.4, 0.5) is 0 Å². The van der Waals surface area contributed by atoms with Crippen LogP contribution in [0.1, 0.15) is 21.5 Å². The summed E-state index contributed by atoms with van der Waals surface area (Å²) in [5.74, 6) is 1.34. The van der Waals surface area contributed by atoms with Crippen molar-refractivity contribution in [2.75, 3.05) is 20.8 Å². The second kappa shape index (κ2) is 8.45. The van der Waals surface area contributed by atoms with Crippen LogP contribution in [0.5, 0.6) is 11.5 Å². The molecule has 1 N–H and O–H groups in total. The molecule has 1 aromatic heterocycles. The third-order valence-electron chi connectivity index (χ3n) is 4.55. The van der Waals surface area contributed by atoms with Crippen molar-refractivity contribution >= 4 is 5.91 Å². The van der Waals surface area contributed by atoms with Gasteiger partial charge in [0.15, 0.2) is 11.5 Å². The molecule has 0 fully saturated rings. The fourth-order valence-electron chi connectivity index (χ4n) is 3.00. The molecule has 0 aliphatic carbocycles. The molecule has 0 unspecified atom stereocenters. The van der Waals surface area contributed by atoms with E-state index in [1.54, 1.807) is 14.2 Å². The monoisotopic (exact) mass is 364 g/mol. The first-order chi connectivity index (χ1) is 13.1. The van der Waals surface area contributed by atoms with Gasteiger partial charge in [0.25, 0.3) is 5.91 Å². The maximum absolute atomic E-state index is 12.4. The lowest BCUT2D eigenvalue weighted by Crippen LogP contribution is -2.25. The van der Waals surface area contributed by atoms with E-state index in [-0.39, 0.29) is 5.91 Å². The Labute approximate surface area is 159 Å². The molecule has 5 nitrogen and oxygen atoms in total. The molecule has 27 heavy (non-hydrogen) atoms. The van der Waals surface area contributed by atoms with Crippen molar-refractivity contribution in [3.8, 4) is 17.2 Å². The molecule has 1 heterocycles. The summed E-state index contributed by atoms with van der Waals surface area (Å²) >= 11 is 0. The Morgan fingerprint density at radius 2 is 1.63 bits per heavy atom. The van der Waals surface area contributed by atoms with E-state index < -0.39 is 0 Å². The Bertz CT molecular complexity index is 900. The van der Waals surface area contributed by atoms with Crippen molar-refractivity contribution < 1.29 is 14.3 Å². The van der Waals surface area contributed by atoms with E-state index >= 15 is 0 Å². The van der Waals surface area contributed by atoms with Gasteiger partial charge in [0.2, 0.25) is 0 Å². The van der Waals surface area contributed by atoms with E-state index in [2.05, 4.69) is 5.32 Å². The molecular formula is C22H24N2O3. The fourth-order valence-corrected chi connectivity index (χ4v) is 3.00. The maximum Gasteiger partial charge on any atom is 0.251 e. The number of carbonyl (C=O) groups excluding carboxylic acids is 1. The summed E-state index contributed by atoms with van der Waals surface area (Å²) in [4.78, 5) is 12.4. The number of ether oxygens (including phenoxy) is 2. The summed E-state index contributed by atoms with van der Waals surface area (Å²) in [5.41, 5.74) is 3.90. The third kappa shape index (κ3) is 4.31. The summed E-state index contributed by atoms with van der Waals surface area (Å²) < 4.78 is 12.7. The molecule has 0 radical (unpaired) electrons. The lowest BCUT2D eigenvalue weighted by Gasteiger charge is -2.13. The van der Waals surface area contributed by atoms with Crippen molar-refractivity contribution in [2.45, 2.75) is 13.3 Å². The Morgan fingerprint density at radius 1 is 1.00 bits per heavy atom. The minimum absolute atomic E-state index is 0.0767. The van der Waals surface area contributed by atoms with Gasteiger partial charge in [0.05, 0.1) is 14.2 Å². The molecule has 3 aromatic rings. The van der Waals surface area contributed by atoms with E-state index in [0.29, 0.717) is 23.6 Å². The van der Waals surface area contributed by atoms with Crippen LogP contribution in [0.3, 0.4) is 0 Å². The number of nitrogens with one attached hydrogen (secondary N) is 1. The first-order valence-corrected chi connectivity index (χ1v) is 8.85. The minimum Gasteiger partial charge on any atom is -0.493 e. The van der Waals surface area contributed by atoms with E-state index in [0.717, 1.165) is 23.2 Å². The Hall–Kier alpha value is -3.21. The number of aryl methyl sites for hydroxylation is 1. The number of hydrogen-bond acceptors (Lipinski definition) is 3. The van der Waals surface area contributed by atoms with Gasteiger partial charge in [-0.2, -0.15) is 0 Å². The molecule has 0 aliphatic rings. The van der Waals surface area contributed by atoms with Crippen molar-refractivity contribution in [2.24, 2.45) is 0 Å². The standard InChI is InChI=1S/C22H24N2O3/c1-16-14-20(26-2)21(27-3)15-18(16)10-11-23-22(25)17-6-8-19(9-7-17)24-12-4-5-13-24/h4-9,12-15H,10-11H2,1-3H3,(H,23,25). The zero-order valence-electron chi connectivity index (χ0n) is 15.9. The highest BCUT2D eigenvalue weighted by atomic mass is 16.5. The predicted molar refractivity (Wildman–Crippen MR) is 106 cm³/mol. The number of benzene rings is 2. The summed E-state index contributed by atoms with van der Waals surface area (Å²) in [5, 5.41) is 2.98. The van der Waals surface area contributed by atoms with Gasteiger partial charge >= 0.3 is 0 Å². The van der Waals surface area contributed by atoms with Crippen molar-refractivity contribution in [1.29, 1.82) is 0 Å². The van der Waals surface area contributed by atoms with Crippen LogP contribution in [0.25, 0.3) is 5.69 Å². The topological polar surface area (TPSA) is 52.5 Å². The molecule has 0 bridgehead atoms. The zero-order valence-corrected chi connectivity index (χ0v) is 15.9. The molecular weight excluding hydrogens is 340 g/mol. The number of amides is 1. The Morgan fingerprint density at radius 3 is 2.26 bits per heavy atom. The highest BCUT2D eigenvalue weighted by molar-refractivity contribution is 5.94. The number of nitrogens with zero attached hydrogens (tertiary/aromatic N) is 1. The fraction of sp³-hybridized carbons (Fsp3) is 0.227. The molecule has 0 saturated heterocycles. The quantitative estimate of drug-likeness (QED) is 0.694. The molecule has 1 amide bonds. The van der Waals surface area contributed by atoms with Crippen LogP contribution in [-0.4, -0.2) is 31.2 Å². The predicted octanol–water partition coefficient (Wildman–Crippen LogP) is 3.78. The highest BCUT2D eigenvalue weighted by Crippen LogP contribution is 2.30. The first-order valence-electron chi connectivity index (χ1n) is 8.85. The van der Waals surface area contributed by atoms with Gasteiger partial charge in [-0.25, -0.2) is 0 Å². The summed E-state index contributed by atoms with van der Waals surface area (Å²) in [7, 11) is 3.24. The average Bonchev–Trinajstić information content (AvgIpc) is 3.23. The Kier molecular flexibility index (Phi) is 5.81. The summed E-state index contributed by atoms with van der Waals surface area (Å²) in [6.45, 7) is 2.58. The molecule has 140 valence electrons. The number of rotatable bonds is 7. The van der Waals surface area contributed by atoms with E-state index in [1.165, 1.54) is 0 Å². The van der Waals surface area contributed by atoms with Gasteiger partial charge in [-0.3, -0.25) is 4.79 Å². The molecule has 0 saturated carbocycles. The SMILES string of the molecule is COc1cc(C)c(CCNC(=O)c2ccc(-n3cccc3)cc2)cc1OC. The molecule has 0 aliphatic heterocycles. The van der Waals surface area contributed by atoms with Crippen molar-refractivity contribution in [3.63, 3.8) is 0 Å². The number of hydrogen-bond donors (Lipinski definition) is 1. The lowest BCUT2D eigenvalue weighted by atomic mass is 10.0. The van der Waals surface area contributed by atoms with Gasteiger partial charge < -0.3 is 19.4 Å². The van der Waals surface area contributed by atoms with E-state index in [4.69, 9.17) is 9.47 Å². The molecule has 3 rings (SSSR count). The van der Waals surface area contributed by atoms with Crippen LogP contribution in [-0.2, 0) is 6.42 Å². The molecule has 0 atom stereocenters. The van der Waals surface area contributed by atoms with Crippen LogP contribution >= 0.6 is 0 Å². The van der Waals surface area contributed by atoms with Gasteiger partial charge in [-0.05, 0) is 73.0 Å².